The topological polar surface area (TPSA) is 118 Å². The summed E-state index contributed by atoms with van der Waals surface area (Å²) in [5.41, 5.74) is 7.52. The van der Waals surface area contributed by atoms with Gasteiger partial charge in [-0.1, -0.05) is 39.0 Å². The van der Waals surface area contributed by atoms with Crippen LogP contribution in [0.4, 0.5) is 10.5 Å². The molecule has 0 aliphatic heterocycles. The molecule has 4 N–H and O–H groups in total. The average Bonchev–Trinajstić information content (AvgIpc) is 2.78. The molecule has 2 aromatic carbocycles. The van der Waals surface area contributed by atoms with Crippen LogP contribution in [0.2, 0.25) is 18.1 Å². The first-order chi connectivity index (χ1) is 17.5. The molecule has 0 saturated heterocycles. The Morgan fingerprint density at radius 3 is 2.24 bits per heavy atom. The molecule has 0 bridgehead atoms. The van der Waals surface area contributed by atoms with E-state index >= 15 is 0 Å². The molecular weight excluding hydrogens is 498 g/mol. The van der Waals surface area contributed by atoms with Crippen LogP contribution in [0.1, 0.15) is 58.8 Å². The summed E-state index contributed by atoms with van der Waals surface area (Å²) >= 11 is 0. The van der Waals surface area contributed by atoms with Crippen molar-refractivity contribution in [3.8, 4) is 5.75 Å². The van der Waals surface area contributed by atoms with Crippen LogP contribution in [0.25, 0.3) is 10.9 Å². The summed E-state index contributed by atoms with van der Waals surface area (Å²) in [6.45, 7) is 16.8. The van der Waals surface area contributed by atoms with E-state index in [9.17, 15) is 14.7 Å². The second-order valence-electron chi connectivity index (χ2n) is 12.3. The number of aromatic hydroxyl groups is 1. The van der Waals surface area contributed by atoms with Gasteiger partial charge in [-0.25, -0.2) is 4.79 Å². The van der Waals surface area contributed by atoms with E-state index in [1.54, 1.807) is 35.2 Å². The van der Waals surface area contributed by atoms with Gasteiger partial charge in [0.05, 0.1) is 18.2 Å². The van der Waals surface area contributed by atoms with Crippen LogP contribution in [0.3, 0.4) is 0 Å². The number of amides is 1. The normalized spacial score (nSPS) is 13.4. The molecule has 1 aromatic heterocycles. The number of nitrogens with zero attached hydrogens (tertiary/aromatic N) is 1. The summed E-state index contributed by atoms with van der Waals surface area (Å²) in [5, 5.41) is 11.0. The summed E-state index contributed by atoms with van der Waals surface area (Å²) in [5.74, 6) is -0.0293. The second kappa shape index (κ2) is 10.8. The van der Waals surface area contributed by atoms with Crippen molar-refractivity contribution in [2.75, 3.05) is 12.3 Å². The highest BCUT2D eigenvalue weighted by molar-refractivity contribution is 6.74. The number of anilines is 1. The molecule has 0 spiro atoms. The van der Waals surface area contributed by atoms with Crippen molar-refractivity contribution in [3.63, 3.8) is 0 Å². The molecule has 8 nitrogen and oxygen atoms in total. The number of phenolic OH excluding ortho intramolecular Hbond substituents is 1. The van der Waals surface area contributed by atoms with Crippen LogP contribution in [-0.4, -0.2) is 41.5 Å². The van der Waals surface area contributed by atoms with Gasteiger partial charge in [0.2, 0.25) is 5.56 Å². The van der Waals surface area contributed by atoms with Crippen LogP contribution in [0, 0.1) is 0 Å². The molecule has 3 aromatic rings. The smallest absolute Gasteiger partial charge is 0.410 e. The number of hydrogen-bond donors (Lipinski definition) is 3. The van der Waals surface area contributed by atoms with Crippen molar-refractivity contribution >= 4 is 31.0 Å². The second-order valence-corrected chi connectivity index (χ2v) is 17.0. The van der Waals surface area contributed by atoms with E-state index in [1.165, 1.54) is 6.07 Å². The quantitative estimate of drug-likeness (QED) is 0.239. The first kappa shape index (κ1) is 29.3. The summed E-state index contributed by atoms with van der Waals surface area (Å²) in [6.07, 6.45) is -1.01. The minimum atomic E-state index is -2.34. The zero-order valence-electron chi connectivity index (χ0n) is 23.7. The summed E-state index contributed by atoms with van der Waals surface area (Å²) in [4.78, 5) is 29.9. The Balaban J connectivity index is 2.13. The fraction of sp³-hybridized carbons (Fsp3) is 0.448. The van der Waals surface area contributed by atoms with Crippen LogP contribution < -0.4 is 11.3 Å². The van der Waals surface area contributed by atoms with Crippen molar-refractivity contribution in [2.24, 2.45) is 0 Å². The lowest BCUT2D eigenvalue weighted by Crippen LogP contribution is -2.45. The zero-order chi connectivity index (χ0) is 28.5. The highest BCUT2D eigenvalue weighted by Crippen LogP contribution is 2.41. The Morgan fingerprint density at radius 1 is 1.03 bits per heavy atom. The van der Waals surface area contributed by atoms with Gasteiger partial charge >= 0.3 is 6.09 Å². The lowest BCUT2D eigenvalue weighted by Gasteiger charge is -2.41. The first-order valence-corrected chi connectivity index (χ1v) is 15.7. The molecule has 0 aliphatic carbocycles. The fourth-order valence-electron chi connectivity index (χ4n) is 3.84. The molecule has 1 atom stereocenters. The van der Waals surface area contributed by atoms with E-state index in [4.69, 9.17) is 14.9 Å². The molecule has 9 heteroatoms. The van der Waals surface area contributed by atoms with Crippen molar-refractivity contribution in [1.82, 2.24) is 9.88 Å². The molecule has 1 amide bonds. The molecule has 38 heavy (non-hydrogen) atoms. The van der Waals surface area contributed by atoms with E-state index in [0.717, 1.165) is 11.1 Å². The van der Waals surface area contributed by atoms with Crippen molar-refractivity contribution in [1.29, 1.82) is 0 Å². The lowest BCUT2D eigenvalue weighted by atomic mass is 10.0. The number of carbonyl (C=O) groups is 1. The molecular formula is C29H41N3O5Si. The van der Waals surface area contributed by atoms with Crippen molar-refractivity contribution < 1.29 is 19.1 Å². The number of hydrogen-bond acceptors (Lipinski definition) is 6. The maximum absolute atomic E-state index is 13.5. The number of aromatic nitrogens is 1. The fourth-order valence-corrected chi connectivity index (χ4v) is 5.11. The Bertz CT molecular complexity index is 1340. The van der Waals surface area contributed by atoms with Gasteiger partial charge in [0.1, 0.15) is 11.4 Å². The number of pyridine rings is 1. The molecule has 0 radical (unpaired) electrons. The number of phenols is 1. The van der Waals surface area contributed by atoms with Crippen LogP contribution in [0.5, 0.6) is 5.75 Å². The average molecular weight is 540 g/mol. The molecule has 1 heterocycles. The van der Waals surface area contributed by atoms with Gasteiger partial charge in [-0.3, -0.25) is 4.79 Å². The molecule has 206 valence electrons. The molecule has 1 unspecified atom stereocenters. The van der Waals surface area contributed by atoms with Gasteiger partial charge in [-0.15, -0.1) is 0 Å². The van der Waals surface area contributed by atoms with Gasteiger partial charge in [-0.2, -0.15) is 0 Å². The Morgan fingerprint density at radius 2 is 1.66 bits per heavy atom. The molecule has 0 fully saturated rings. The van der Waals surface area contributed by atoms with Crippen LogP contribution >= 0.6 is 0 Å². The molecule has 0 saturated carbocycles. The SMILES string of the molecule is CC(C)(C)OC(=O)N(Cc1ccc(N)cc1)CC(O[Si](C)(C)C(C)(C)C)c1ccc(O)c2[nH]c(=O)ccc12. The van der Waals surface area contributed by atoms with E-state index in [2.05, 4.69) is 38.8 Å². The number of rotatable bonds is 7. The van der Waals surface area contributed by atoms with Gasteiger partial charge in [0.15, 0.2) is 8.32 Å². The number of benzene rings is 2. The Kier molecular flexibility index (Phi) is 8.33. The van der Waals surface area contributed by atoms with Gasteiger partial charge < -0.3 is 29.9 Å². The van der Waals surface area contributed by atoms with E-state index in [0.29, 0.717) is 23.1 Å². The summed E-state index contributed by atoms with van der Waals surface area (Å²) < 4.78 is 12.7. The van der Waals surface area contributed by atoms with Gasteiger partial charge in [0, 0.05) is 23.7 Å². The number of H-pyrrole nitrogens is 1. The molecule has 0 aliphatic rings. The van der Waals surface area contributed by atoms with Crippen LogP contribution in [-0.2, 0) is 15.7 Å². The number of ether oxygens (including phenoxy) is 1. The first-order valence-electron chi connectivity index (χ1n) is 12.8. The molecule has 3 rings (SSSR count). The number of nitrogen functional groups attached to an aromatic ring is 1. The van der Waals surface area contributed by atoms with E-state index < -0.39 is 26.1 Å². The number of nitrogens with one attached hydrogen (secondary N) is 1. The van der Waals surface area contributed by atoms with Gasteiger partial charge in [0.25, 0.3) is 0 Å². The number of aromatic amines is 1. The Hall–Kier alpha value is -3.30. The number of nitrogens with two attached hydrogens (primary N) is 1. The minimum Gasteiger partial charge on any atom is -0.506 e. The largest absolute Gasteiger partial charge is 0.506 e. The van der Waals surface area contributed by atoms with Crippen molar-refractivity contribution in [3.05, 3.63) is 70.0 Å². The third kappa shape index (κ3) is 7.17. The standard InChI is InChI=1S/C29H41N3O5Si/c1-28(2,3)36-27(35)32(17-19-9-11-20(30)12-10-19)18-24(37-38(7,8)29(4,5)6)21-13-15-23(33)26-22(21)14-16-25(34)31-26/h9-16,24,33H,17-18,30H2,1-8H3,(H,31,34). The summed E-state index contributed by atoms with van der Waals surface area (Å²) in [6, 6.07) is 13.8. The van der Waals surface area contributed by atoms with Gasteiger partial charge in [-0.05, 0) is 74.3 Å². The predicted octanol–water partition coefficient (Wildman–Crippen LogP) is 6.32. The minimum absolute atomic E-state index is 0.0293. The third-order valence-electron chi connectivity index (χ3n) is 6.89. The lowest BCUT2D eigenvalue weighted by molar-refractivity contribution is 0.0137. The maximum atomic E-state index is 13.5. The predicted molar refractivity (Wildman–Crippen MR) is 155 cm³/mol. The zero-order valence-corrected chi connectivity index (χ0v) is 24.7. The number of fused-ring (bicyclic) bond motifs is 1. The monoisotopic (exact) mass is 539 g/mol. The number of carbonyl (C=O) groups excluding carboxylic acids is 1. The van der Waals surface area contributed by atoms with Crippen molar-refractivity contribution in [2.45, 2.75) is 77.9 Å². The van der Waals surface area contributed by atoms with Crippen LogP contribution in [0.15, 0.2) is 53.3 Å². The third-order valence-corrected chi connectivity index (χ3v) is 11.4. The maximum Gasteiger partial charge on any atom is 0.410 e. The van der Waals surface area contributed by atoms with E-state index in [1.807, 2.05) is 32.9 Å². The highest BCUT2D eigenvalue weighted by Gasteiger charge is 2.40. The highest BCUT2D eigenvalue weighted by atomic mass is 28.4. The summed E-state index contributed by atoms with van der Waals surface area (Å²) in [7, 11) is -2.34. The van der Waals surface area contributed by atoms with E-state index in [-0.39, 0.29) is 22.9 Å². The Labute approximate surface area is 225 Å².